The second kappa shape index (κ2) is 10.7. The van der Waals surface area contributed by atoms with E-state index in [4.69, 9.17) is 11.6 Å². The summed E-state index contributed by atoms with van der Waals surface area (Å²) >= 11 is 6.36. The number of nitrogens with zero attached hydrogens (tertiary/aromatic N) is 4. The highest BCUT2D eigenvalue weighted by atomic mass is 35.5. The van der Waals surface area contributed by atoms with Crippen LogP contribution < -0.4 is 16.0 Å². The van der Waals surface area contributed by atoms with Crippen molar-refractivity contribution in [2.24, 2.45) is 0 Å². The number of para-hydroxylation sites is 1. The summed E-state index contributed by atoms with van der Waals surface area (Å²) in [4.78, 5) is 41.8. The van der Waals surface area contributed by atoms with Gasteiger partial charge in [-0.3, -0.25) is 9.59 Å². The Kier molecular flexibility index (Phi) is 7.17. The van der Waals surface area contributed by atoms with Crippen LogP contribution in [-0.4, -0.2) is 76.8 Å². The Morgan fingerprint density at radius 1 is 1.05 bits per heavy atom. The topological polar surface area (TPSA) is 118 Å². The molecule has 0 unspecified atom stereocenters. The fourth-order valence-corrected chi connectivity index (χ4v) is 4.69. The zero-order valence-corrected chi connectivity index (χ0v) is 22.2. The molecular weight excluding hydrogens is 504 g/mol. The molecule has 2 aromatic carbocycles. The van der Waals surface area contributed by atoms with E-state index in [1.54, 1.807) is 25.2 Å². The third-order valence-electron chi connectivity index (χ3n) is 6.64. The van der Waals surface area contributed by atoms with E-state index in [1.165, 1.54) is 6.20 Å². The maximum atomic E-state index is 13.3. The van der Waals surface area contributed by atoms with E-state index in [9.17, 15) is 9.59 Å². The van der Waals surface area contributed by atoms with E-state index in [-0.39, 0.29) is 11.8 Å². The van der Waals surface area contributed by atoms with Gasteiger partial charge in [-0.2, -0.15) is 4.98 Å². The van der Waals surface area contributed by atoms with Crippen LogP contribution in [-0.2, 0) is 0 Å². The number of aromatic nitrogens is 3. The fraction of sp³-hybridized carbons (Fsp3) is 0.259. The lowest BCUT2D eigenvalue weighted by molar-refractivity contribution is 0.0665. The number of amides is 2. The summed E-state index contributed by atoms with van der Waals surface area (Å²) < 4.78 is 0. The van der Waals surface area contributed by atoms with Gasteiger partial charge in [0, 0.05) is 55.5 Å². The van der Waals surface area contributed by atoms with Gasteiger partial charge in [0.05, 0.1) is 23.0 Å². The molecule has 196 valence electrons. The summed E-state index contributed by atoms with van der Waals surface area (Å²) in [7, 11) is 3.65. The van der Waals surface area contributed by atoms with Gasteiger partial charge in [-0.15, -0.1) is 0 Å². The number of anilines is 4. The molecule has 10 nitrogen and oxygen atoms in total. The molecule has 1 aliphatic rings. The number of aryl methyl sites for hydroxylation is 1. The Morgan fingerprint density at radius 3 is 2.58 bits per heavy atom. The van der Waals surface area contributed by atoms with E-state index in [1.807, 2.05) is 36.1 Å². The van der Waals surface area contributed by atoms with Gasteiger partial charge in [-0.25, -0.2) is 4.98 Å². The van der Waals surface area contributed by atoms with Gasteiger partial charge in [0.15, 0.2) is 5.82 Å². The number of nitrogens with one attached hydrogen (secondary N) is 4. The third-order valence-corrected chi connectivity index (χ3v) is 6.92. The van der Waals surface area contributed by atoms with Crippen LogP contribution in [0.2, 0.25) is 5.02 Å². The van der Waals surface area contributed by atoms with Crippen molar-refractivity contribution in [1.29, 1.82) is 0 Å². The van der Waals surface area contributed by atoms with Crippen molar-refractivity contribution in [3.8, 4) is 0 Å². The molecule has 1 saturated heterocycles. The molecule has 1 fully saturated rings. The minimum atomic E-state index is -0.225. The molecule has 4 N–H and O–H groups in total. The SMILES string of the molecule is CNC(=O)c1ccccc1Nc1nc(Nc2ccc3c(C(=O)N4CCN(C)CC4)c(C)[nH]c3c2)ncc1Cl. The van der Waals surface area contributed by atoms with Crippen LogP contribution in [0, 0.1) is 6.92 Å². The molecule has 0 radical (unpaired) electrons. The molecule has 38 heavy (non-hydrogen) atoms. The standard InChI is InChI=1S/C27H29ClN8O2/c1-16-23(26(38)36-12-10-35(3)11-13-36)18-9-8-17(14-22(18)31-16)32-27-30-15-20(28)24(34-27)33-21-7-5-4-6-19(21)25(37)29-2/h4-9,14-15,31H,10-13H2,1-3H3,(H,29,37)(H2,30,32,33,34). The van der Waals surface area contributed by atoms with E-state index < -0.39 is 0 Å². The summed E-state index contributed by atoms with van der Waals surface area (Å²) in [5.41, 5.74) is 4.17. The molecular formula is C27H29ClN8O2. The molecule has 3 heterocycles. The second-order valence-corrected chi connectivity index (χ2v) is 9.65. The van der Waals surface area contributed by atoms with Crippen LogP contribution in [0.1, 0.15) is 26.4 Å². The van der Waals surface area contributed by atoms with Crippen LogP contribution in [0.25, 0.3) is 10.9 Å². The summed E-state index contributed by atoms with van der Waals surface area (Å²) in [5, 5.41) is 10.2. The van der Waals surface area contributed by atoms with Crippen LogP contribution in [0.4, 0.5) is 23.1 Å². The van der Waals surface area contributed by atoms with Crippen LogP contribution in [0.3, 0.4) is 0 Å². The van der Waals surface area contributed by atoms with Crippen LogP contribution in [0.5, 0.6) is 0 Å². The number of rotatable bonds is 6. The first-order valence-electron chi connectivity index (χ1n) is 12.3. The number of piperazine rings is 1. The van der Waals surface area contributed by atoms with Gasteiger partial charge < -0.3 is 30.7 Å². The zero-order valence-electron chi connectivity index (χ0n) is 21.4. The molecule has 0 bridgehead atoms. The molecule has 1 aliphatic heterocycles. The lowest BCUT2D eigenvalue weighted by atomic mass is 10.1. The molecule has 2 aromatic heterocycles. The zero-order chi connectivity index (χ0) is 26.8. The fourth-order valence-electron chi connectivity index (χ4n) is 4.55. The number of carbonyl (C=O) groups is 2. The van der Waals surface area contributed by atoms with Crippen molar-refractivity contribution >= 4 is 57.5 Å². The third kappa shape index (κ3) is 5.13. The minimum Gasteiger partial charge on any atom is -0.358 e. The molecule has 4 aromatic rings. The van der Waals surface area contributed by atoms with Crippen LogP contribution in [0.15, 0.2) is 48.7 Å². The number of halogens is 1. The molecule has 0 atom stereocenters. The summed E-state index contributed by atoms with van der Waals surface area (Å²) in [5.74, 6) is 0.510. The van der Waals surface area contributed by atoms with Gasteiger partial charge in [0.25, 0.3) is 11.8 Å². The van der Waals surface area contributed by atoms with Gasteiger partial charge >= 0.3 is 0 Å². The molecule has 11 heteroatoms. The van der Waals surface area contributed by atoms with Crippen molar-refractivity contribution in [1.82, 2.24) is 30.1 Å². The van der Waals surface area contributed by atoms with Gasteiger partial charge in [0.1, 0.15) is 5.02 Å². The molecule has 0 saturated carbocycles. The van der Waals surface area contributed by atoms with E-state index >= 15 is 0 Å². The second-order valence-electron chi connectivity index (χ2n) is 9.25. The maximum Gasteiger partial charge on any atom is 0.256 e. The quantitative estimate of drug-likeness (QED) is 0.294. The minimum absolute atomic E-state index is 0.0522. The van der Waals surface area contributed by atoms with Crippen molar-refractivity contribution in [3.63, 3.8) is 0 Å². The van der Waals surface area contributed by atoms with Crippen molar-refractivity contribution in [3.05, 3.63) is 70.5 Å². The van der Waals surface area contributed by atoms with Crippen molar-refractivity contribution < 1.29 is 9.59 Å². The van der Waals surface area contributed by atoms with E-state index in [0.717, 1.165) is 48.5 Å². The van der Waals surface area contributed by atoms with Gasteiger partial charge in [-0.1, -0.05) is 23.7 Å². The highest BCUT2D eigenvalue weighted by molar-refractivity contribution is 6.33. The smallest absolute Gasteiger partial charge is 0.256 e. The molecule has 5 rings (SSSR count). The number of hydrogen-bond acceptors (Lipinski definition) is 7. The first-order chi connectivity index (χ1) is 18.3. The molecule has 2 amide bonds. The number of aromatic amines is 1. The first kappa shape index (κ1) is 25.5. The Labute approximate surface area is 225 Å². The Hall–Kier alpha value is -4.15. The number of hydrogen-bond donors (Lipinski definition) is 4. The van der Waals surface area contributed by atoms with Gasteiger partial charge in [-0.05, 0) is 44.3 Å². The lowest BCUT2D eigenvalue weighted by Crippen LogP contribution is -2.47. The highest BCUT2D eigenvalue weighted by Crippen LogP contribution is 2.29. The Bertz CT molecular complexity index is 1510. The summed E-state index contributed by atoms with van der Waals surface area (Å²) in [6.07, 6.45) is 1.49. The molecule has 0 aliphatic carbocycles. The monoisotopic (exact) mass is 532 g/mol. The predicted octanol–water partition coefficient (Wildman–Crippen LogP) is 4.15. The number of carbonyl (C=O) groups excluding carboxylic acids is 2. The number of benzene rings is 2. The Morgan fingerprint density at radius 2 is 1.82 bits per heavy atom. The maximum absolute atomic E-state index is 13.3. The first-order valence-corrected chi connectivity index (χ1v) is 12.7. The Balaban J connectivity index is 1.38. The largest absolute Gasteiger partial charge is 0.358 e. The number of fused-ring (bicyclic) bond motifs is 1. The average Bonchev–Trinajstić information content (AvgIpc) is 3.25. The number of H-pyrrole nitrogens is 1. The van der Waals surface area contributed by atoms with Crippen molar-refractivity contribution in [2.45, 2.75) is 6.92 Å². The molecule has 0 spiro atoms. The normalized spacial score (nSPS) is 13.9. The highest BCUT2D eigenvalue weighted by Gasteiger charge is 2.24. The van der Waals surface area contributed by atoms with Gasteiger partial charge in [0.2, 0.25) is 5.95 Å². The lowest BCUT2D eigenvalue weighted by Gasteiger charge is -2.32. The van der Waals surface area contributed by atoms with E-state index in [0.29, 0.717) is 33.6 Å². The summed E-state index contributed by atoms with van der Waals surface area (Å²) in [6, 6.07) is 12.8. The van der Waals surface area contributed by atoms with Crippen molar-refractivity contribution in [2.75, 3.05) is 50.9 Å². The summed E-state index contributed by atoms with van der Waals surface area (Å²) in [6.45, 7) is 5.11. The van der Waals surface area contributed by atoms with Crippen LogP contribution >= 0.6 is 11.6 Å². The predicted molar refractivity (Wildman–Crippen MR) is 150 cm³/mol. The average molecular weight is 533 g/mol. The van der Waals surface area contributed by atoms with E-state index in [2.05, 4.69) is 42.8 Å². The number of likely N-dealkylation sites (N-methyl/N-ethyl adjacent to an activating group) is 1.